The molecular weight excluding hydrogens is 1050 g/mol. The van der Waals surface area contributed by atoms with E-state index in [1.165, 1.54) is 149 Å². The van der Waals surface area contributed by atoms with Crippen molar-refractivity contribution in [2.75, 3.05) is 0 Å². The fraction of sp³-hybridized carbons (Fsp3) is 0.515. The van der Waals surface area contributed by atoms with Crippen molar-refractivity contribution >= 4 is 111 Å². The van der Waals surface area contributed by atoms with Gasteiger partial charge in [0.15, 0.2) is 11.6 Å². The van der Waals surface area contributed by atoms with Crippen LogP contribution in [0.25, 0.3) is 60.6 Å². The molecule has 0 radical (unpaired) electrons. The van der Waals surface area contributed by atoms with Gasteiger partial charge in [-0.2, -0.15) is 0 Å². The van der Waals surface area contributed by atoms with Gasteiger partial charge in [-0.3, -0.25) is 9.59 Å². The largest absolute Gasteiger partial charge is 0.288 e. The smallest absolute Gasteiger partial charge is 0.197 e. The predicted octanol–water partition coefficient (Wildman–Crippen LogP) is 23.5. The standard InChI is InChI=1S/C66H82O2S7/c1-11-19-23-41(15-5)34-45-27-29-50(71-45)57-47-33-39(9)69-64(47)58(51-30-28-46(72-51)35-42(16-6)24-20-12-2)48-38-53(75-65(48)57)49-31-32-52(73-49)66-61-56(40(10)70-66)62(67)59-54(36-43(17-7)25-21-13-3)74-55(60(59)63(61)68)37-44(18-8)26-22-14-4/h27-33,38,41-44H,11-26,34-37H2,1-10H3. The van der Waals surface area contributed by atoms with E-state index in [1.54, 1.807) is 34.0 Å². The van der Waals surface area contributed by atoms with E-state index < -0.39 is 0 Å². The summed E-state index contributed by atoms with van der Waals surface area (Å²) in [5, 5.41) is 2.74. The summed E-state index contributed by atoms with van der Waals surface area (Å²) in [5.74, 6) is 2.65. The average Bonchev–Trinajstić information content (AvgIpc) is 4.30. The van der Waals surface area contributed by atoms with Crippen molar-refractivity contribution in [1.29, 1.82) is 0 Å². The molecule has 0 saturated heterocycles. The van der Waals surface area contributed by atoms with Crippen molar-refractivity contribution in [2.24, 2.45) is 23.7 Å². The molecular formula is C66H82O2S7. The van der Waals surface area contributed by atoms with Crippen molar-refractivity contribution in [2.45, 2.75) is 198 Å². The van der Waals surface area contributed by atoms with E-state index in [9.17, 15) is 0 Å². The monoisotopic (exact) mass is 1130 g/mol. The predicted molar refractivity (Wildman–Crippen MR) is 339 cm³/mol. The first-order valence-corrected chi connectivity index (χ1v) is 34.8. The second kappa shape index (κ2) is 25.8. The quantitative estimate of drug-likeness (QED) is 0.0490. The third-order valence-electron chi connectivity index (χ3n) is 16.6. The number of hydrogen-bond acceptors (Lipinski definition) is 9. The zero-order chi connectivity index (χ0) is 52.9. The van der Waals surface area contributed by atoms with E-state index >= 15 is 9.59 Å². The van der Waals surface area contributed by atoms with Crippen LogP contribution in [-0.4, -0.2) is 11.6 Å². The molecule has 4 atom stereocenters. The normalized spacial score (nSPS) is 14.4. The summed E-state index contributed by atoms with van der Waals surface area (Å²) in [5.41, 5.74) is 5.60. The van der Waals surface area contributed by atoms with Gasteiger partial charge in [0, 0.05) is 102 Å². The number of rotatable bonds is 28. The number of hydrogen-bond donors (Lipinski definition) is 0. The molecule has 7 heterocycles. The van der Waals surface area contributed by atoms with Crippen LogP contribution in [0.5, 0.6) is 0 Å². The van der Waals surface area contributed by atoms with Crippen LogP contribution in [-0.2, 0) is 25.7 Å². The van der Waals surface area contributed by atoms with Crippen LogP contribution >= 0.6 is 79.4 Å². The van der Waals surface area contributed by atoms with Crippen LogP contribution in [0.3, 0.4) is 0 Å². The molecule has 0 N–H and O–H groups in total. The third kappa shape index (κ3) is 12.0. The first kappa shape index (κ1) is 56.7. The number of thiophene rings is 7. The summed E-state index contributed by atoms with van der Waals surface area (Å²) in [4.78, 5) is 45.6. The maximum Gasteiger partial charge on any atom is 0.197 e. The zero-order valence-corrected chi connectivity index (χ0v) is 52.5. The highest BCUT2D eigenvalue weighted by Crippen LogP contribution is 2.55. The van der Waals surface area contributed by atoms with Crippen LogP contribution in [0.15, 0.2) is 48.5 Å². The number of aryl methyl sites for hydroxylation is 2. The molecule has 1 aliphatic rings. The summed E-state index contributed by atoms with van der Waals surface area (Å²) in [6, 6.07) is 19.2. The molecule has 7 aromatic heterocycles. The van der Waals surface area contributed by atoms with Gasteiger partial charge in [-0.1, -0.05) is 158 Å². The summed E-state index contributed by atoms with van der Waals surface area (Å²) < 4.78 is 2.78. The van der Waals surface area contributed by atoms with E-state index in [2.05, 4.69) is 118 Å². The van der Waals surface area contributed by atoms with E-state index in [0.29, 0.717) is 23.0 Å². The van der Waals surface area contributed by atoms with Gasteiger partial charge in [0.1, 0.15) is 0 Å². The Hall–Kier alpha value is -3.02. The lowest BCUT2D eigenvalue weighted by atomic mass is 9.81. The van der Waals surface area contributed by atoms with Crippen molar-refractivity contribution in [3.63, 3.8) is 0 Å². The highest BCUT2D eigenvalue weighted by Gasteiger charge is 2.41. The second-order valence-electron chi connectivity index (χ2n) is 22.0. The maximum absolute atomic E-state index is 15.5. The van der Waals surface area contributed by atoms with Crippen molar-refractivity contribution in [3.8, 4) is 40.4 Å². The molecule has 0 aliphatic heterocycles. The highest BCUT2D eigenvalue weighted by atomic mass is 32.1. The Labute approximate surface area is 478 Å². The van der Waals surface area contributed by atoms with Crippen molar-refractivity contribution < 1.29 is 9.59 Å². The van der Waals surface area contributed by atoms with Crippen LogP contribution in [0.4, 0.5) is 0 Å². The molecule has 0 spiro atoms. The topological polar surface area (TPSA) is 34.1 Å². The van der Waals surface area contributed by atoms with Crippen molar-refractivity contribution in [1.82, 2.24) is 0 Å². The lowest BCUT2D eigenvalue weighted by molar-refractivity contribution is 0.0979. The SMILES string of the molecule is CCCCC(CC)Cc1ccc(-c2c3cc(-c4ccc(-c5sc(C)c6c5C(=O)c5c(CC(CC)CCCC)sc(CC(CC)CCCC)c5C6=O)s4)sc3c(-c3ccc(CC(CC)CCCC)s3)c3cc(C)sc23)s1. The van der Waals surface area contributed by atoms with Gasteiger partial charge >= 0.3 is 0 Å². The van der Waals surface area contributed by atoms with Gasteiger partial charge in [0.2, 0.25) is 0 Å². The minimum atomic E-state index is 0.0849. The lowest BCUT2D eigenvalue weighted by Crippen LogP contribution is -2.22. The maximum atomic E-state index is 15.5. The molecule has 1 aliphatic carbocycles. The molecule has 9 heteroatoms. The Morgan fingerprint density at radius 1 is 0.387 bits per heavy atom. The highest BCUT2D eigenvalue weighted by molar-refractivity contribution is 7.29. The van der Waals surface area contributed by atoms with Crippen LogP contribution in [0, 0.1) is 37.5 Å². The zero-order valence-electron chi connectivity index (χ0n) is 46.7. The number of ketones is 2. The average molecular weight is 1130 g/mol. The lowest BCUT2D eigenvalue weighted by Gasteiger charge is -2.19. The van der Waals surface area contributed by atoms with Gasteiger partial charge in [-0.25, -0.2) is 0 Å². The first-order chi connectivity index (χ1) is 36.5. The number of benzene rings is 1. The van der Waals surface area contributed by atoms with E-state index in [-0.39, 0.29) is 11.6 Å². The van der Waals surface area contributed by atoms with E-state index in [4.69, 9.17) is 0 Å². The number of carbonyl (C=O) groups excluding carboxylic acids is 2. The molecule has 1 aromatic carbocycles. The van der Waals surface area contributed by atoms with Crippen LogP contribution in [0.2, 0.25) is 0 Å². The second-order valence-corrected chi connectivity index (χ2v) is 30.1. The molecule has 0 bridgehead atoms. The first-order valence-electron chi connectivity index (χ1n) is 29.1. The fourth-order valence-corrected chi connectivity index (χ4v) is 20.7. The van der Waals surface area contributed by atoms with E-state index in [1.807, 2.05) is 45.3 Å². The molecule has 9 rings (SSSR count). The van der Waals surface area contributed by atoms with Crippen LogP contribution in [0.1, 0.15) is 219 Å². The van der Waals surface area contributed by atoms with Gasteiger partial charge in [-0.05, 0) is 112 Å². The molecule has 0 saturated carbocycles. The third-order valence-corrected chi connectivity index (χ3v) is 24.9. The Balaban J connectivity index is 1.15. The number of fused-ring (bicyclic) bond motifs is 4. The van der Waals surface area contributed by atoms with Gasteiger partial charge in [-0.15, -0.1) is 79.4 Å². The Bertz CT molecular complexity index is 3110. The van der Waals surface area contributed by atoms with Gasteiger partial charge in [0.05, 0.1) is 10.4 Å². The Morgan fingerprint density at radius 3 is 1.32 bits per heavy atom. The molecule has 0 amide bonds. The fourth-order valence-electron chi connectivity index (χ4n) is 12.0. The Kier molecular flexibility index (Phi) is 19.5. The summed E-state index contributed by atoms with van der Waals surface area (Å²) >= 11 is 13.2. The van der Waals surface area contributed by atoms with Crippen molar-refractivity contribution in [3.05, 3.63) is 100 Å². The molecule has 2 nitrogen and oxygen atoms in total. The van der Waals surface area contributed by atoms with Gasteiger partial charge in [0.25, 0.3) is 0 Å². The molecule has 0 fully saturated rings. The molecule has 8 aromatic rings. The molecule has 400 valence electrons. The van der Waals surface area contributed by atoms with E-state index in [0.717, 1.165) is 92.3 Å². The summed E-state index contributed by atoms with van der Waals surface area (Å²) in [7, 11) is 0. The minimum Gasteiger partial charge on any atom is -0.288 e. The van der Waals surface area contributed by atoms with Gasteiger partial charge < -0.3 is 0 Å². The summed E-state index contributed by atoms with van der Waals surface area (Å²) in [6.07, 6.45) is 23.5. The minimum absolute atomic E-state index is 0.0849. The summed E-state index contributed by atoms with van der Waals surface area (Å²) in [6.45, 7) is 22.9. The molecule has 4 unspecified atom stereocenters. The number of carbonyl (C=O) groups is 2. The Morgan fingerprint density at radius 2 is 0.827 bits per heavy atom. The number of unbranched alkanes of at least 4 members (excludes halogenated alkanes) is 4. The van der Waals surface area contributed by atoms with Crippen LogP contribution < -0.4 is 0 Å². The molecule has 75 heavy (non-hydrogen) atoms.